The van der Waals surface area contributed by atoms with E-state index in [1.807, 2.05) is 0 Å². The van der Waals surface area contributed by atoms with Gasteiger partial charge in [0.05, 0.1) is 5.41 Å². The minimum absolute atomic E-state index is 0.592. The third kappa shape index (κ3) is 4.95. The molecular weight excluding hydrogens is 641 g/mol. The summed E-state index contributed by atoms with van der Waals surface area (Å²) in [5.74, 6) is 0. The zero-order valence-electron chi connectivity index (χ0n) is 29.2. The summed E-state index contributed by atoms with van der Waals surface area (Å²) in [6.45, 7) is 0. The van der Waals surface area contributed by atoms with E-state index in [0.717, 1.165) is 34.1 Å². The molecular formula is C51H36N2. The van der Waals surface area contributed by atoms with Gasteiger partial charge < -0.3 is 9.80 Å². The van der Waals surface area contributed by atoms with Crippen LogP contribution in [0.25, 0.3) is 23.3 Å². The highest BCUT2D eigenvalue weighted by atomic mass is 15.1. The largest absolute Gasteiger partial charge is 0.310 e. The number of para-hydroxylation sites is 4. The number of nitrogens with zero attached hydrogens (tertiary/aromatic N) is 2. The van der Waals surface area contributed by atoms with Crippen LogP contribution in [0.5, 0.6) is 0 Å². The minimum Gasteiger partial charge on any atom is -0.310 e. The average molecular weight is 677 g/mol. The van der Waals surface area contributed by atoms with Gasteiger partial charge in [-0.15, -0.1) is 0 Å². The smallest absolute Gasteiger partial charge is 0.0726 e. The Balaban J connectivity index is 1.29. The third-order valence-electron chi connectivity index (χ3n) is 10.9. The van der Waals surface area contributed by atoms with Gasteiger partial charge in [-0.3, -0.25) is 0 Å². The highest BCUT2D eigenvalue weighted by Gasteiger charge is 2.48. The molecule has 0 radical (unpaired) electrons. The molecule has 0 fully saturated rings. The third-order valence-corrected chi connectivity index (χ3v) is 10.9. The van der Waals surface area contributed by atoms with Crippen LogP contribution in [0.1, 0.15) is 33.4 Å². The number of hydrogen-bond acceptors (Lipinski definition) is 2. The van der Waals surface area contributed by atoms with Gasteiger partial charge in [-0.05, 0) is 117 Å². The molecule has 0 unspecified atom stereocenters. The summed E-state index contributed by atoms with van der Waals surface area (Å²) >= 11 is 0. The van der Waals surface area contributed by atoms with E-state index in [1.165, 1.54) is 44.5 Å². The Bertz CT molecular complexity index is 2350. The average Bonchev–Trinajstić information content (AvgIpc) is 3.45. The molecule has 0 saturated carbocycles. The summed E-state index contributed by atoms with van der Waals surface area (Å²) in [6, 6.07) is 75.0. The summed E-state index contributed by atoms with van der Waals surface area (Å²) in [4.78, 5) is 4.75. The number of benzene rings is 8. The Hall–Kier alpha value is -6.90. The molecule has 0 amide bonds. The Labute approximate surface area is 311 Å². The molecule has 8 aromatic rings. The highest BCUT2D eigenvalue weighted by molar-refractivity contribution is 5.93. The lowest BCUT2D eigenvalue weighted by molar-refractivity contribution is 0.766. The van der Waals surface area contributed by atoms with E-state index < -0.39 is 5.41 Å². The van der Waals surface area contributed by atoms with Crippen molar-refractivity contribution in [1.29, 1.82) is 0 Å². The van der Waals surface area contributed by atoms with Crippen LogP contribution in [0.3, 0.4) is 0 Å². The standard InChI is InChI=1S/C51H36N2/c1-5-17-39(18-6-1)52(40-19-7-2-8-20-40)43-33-31-37-29-30-38-32-34-44(53(41-21-9-3-10-22-41)42-23-11-4-12-24-42)36-50(38)51(49(37)35-43)47-27-15-13-25-45(47)46-26-14-16-28-48(46)51/h1-36H. The summed E-state index contributed by atoms with van der Waals surface area (Å²) < 4.78 is 0. The van der Waals surface area contributed by atoms with E-state index in [-0.39, 0.29) is 0 Å². The molecule has 0 N–H and O–H groups in total. The molecule has 0 aliphatic heterocycles. The van der Waals surface area contributed by atoms with Crippen molar-refractivity contribution in [3.8, 4) is 11.1 Å². The van der Waals surface area contributed by atoms with Crippen LogP contribution in [0, 0.1) is 0 Å². The van der Waals surface area contributed by atoms with Gasteiger partial charge in [-0.1, -0.05) is 146 Å². The molecule has 0 aromatic heterocycles. The van der Waals surface area contributed by atoms with Crippen molar-refractivity contribution < 1.29 is 0 Å². The van der Waals surface area contributed by atoms with Crippen molar-refractivity contribution in [2.75, 3.05) is 9.80 Å². The van der Waals surface area contributed by atoms with E-state index in [9.17, 15) is 0 Å². The quantitative estimate of drug-likeness (QED) is 0.173. The lowest BCUT2D eigenvalue weighted by Gasteiger charge is -2.37. The summed E-state index contributed by atoms with van der Waals surface area (Å²) in [5, 5.41) is 0. The first-order valence-electron chi connectivity index (χ1n) is 18.3. The fraction of sp³-hybridized carbons (Fsp3) is 0.0196. The lowest BCUT2D eigenvalue weighted by Crippen LogP contribution is -2.30. The zero-order valence-corrected chi connectivity index (χ0v) is 29.2. The van der Waals surface area contributed by atoms with Gasteiger partial charge in [0, 0.05) is 34.1 Å². The van der Waals surface area contributed by atoms with Gasteiger partial charge in [0.25, 0.3) is 0 Å². The van der Waals surface area contributed by atoms with Gasteiger partial charge >= 0.3 is 0 Å². The van der Waals surface area contributed by atoms with Gasteiger partial charge in [0.1, 0.15) is 0 Å². The predicted octanol–water partition coefficient (Wildman–Crippen LogP) is 13.5. The minimum atomic E-state index is -0.592. The van der Waals surface area contributed by atoms with Gasteiger partial charge in [-0.25, -0.2) is 0 Å². The molecule has 2 nitrogen and oxygen atoms in total. The molecule has 0 atom stereocenters. The van der Waals surface area contributed by atoms with Crippen LogP contribution in [0.2, 0.25) is 0 Å². The van der Waals surface area contributed by atoms with Crippen molar-refractivity contribution in [2.45, 2.75) is 5.41 Å². The number of fused-ring (bicyclic) bond motifs is 9. The van der Waals surface area contributed by atoms with Crippen molar-refractivity contribution in [3.63, 3.8) is 0 Å². The maximum Gasteiger partial charge on any atom is 0.0726 e. The SMILES string of the molecule is C1=Cc2ccc(N(c3ccccc3)c3ccccc3)cc2C2(c3cc(N(c4ccccc4)c4ccccc4)ccc31)c1ccccc1-c1ccccc12. The number of anilines is 6. The predicted molar refractivity (Wildman–Crippen MR) is 222 cm³/mol. The molecule has 0 heterocycles. The van der Waals surface area contributed by atoms with E-state index in [0.29, 0.717) is 0 Å². The Morgan fingerprint density at radius 1 is 0.264 bits per heavy atom. The van der Waals surface area contributed by atoms with Gasteiger partial charge in [0.15, 0.2) is 0 Å². The fourth-order valence-electron chi connectivity index (χ4n) is 8.65. The van der Waals surface area contributed by atoms with Crippen LogP contribution < -0.4 is 9.80 Å². The first-order chi connectivity index (χ1) is 26.3. The topological polar surface area (TPSA) is 6.48 Å². The van der Waals surface area contributed by atoms with Crippen LogP contribution in [0.15, 0.2) is 206 Å². The first-order valence-corrected chi connectivity index (χ1v) is 18.3. The molecule has 10 rings (SSSR count). The molecule has 8 aromatic carbocycles. The molecule has 2 aliphatic carbocycles. The molecule has 2 heteroatoms. The fourth-order valence-corrected chi connectivity index (χ4v) is 8.65. The molecule has 1 spiro atoms. The van der Waals surface area contributed by atoms with Crippen molar-refractivity contribution in [1.82, 2.24) is 0 Å². The number of hydrogen-bond donors (Lipinski definition) is 0. The van der Waals surface area contributed by atoms with Crippen molar-refractivity contribution in [3.05, 3.63) is 240 Å². The van der Waals surface area contributed by atoms with E-state index in [1.54, 1.807) is 0 Å². The monoisotopic (exact) mass is 676 g/mol. The molecule has 53 heavy (non-hydrogen) atoms. The lowest BCUT2D eigenvalue weighted by atomic mass is 9.66. The maximum atomic E-state index is 2.45. The zero-order chi connectivity index (χ0) is 35.2. The Morgan fingerprint density at radius 3 is 0.943 bits per heavy atom. The maximum absolute atomic E-state index is 2.45. The molecule has 0 bridgehead atoms. The normalized spacial score (nSPS) is 13.0. The van der Waals surface area contributed by atoms with E-state index in [4.69, 9.17) is 0 Å². The Kier molecular flexibility index (Phi) is 7.40. The van der Waals surface area contributed by atoms with Gasteiger partial charge in [0.2, 0.25) is 0 Å². The highest BCUT2D eigenvalue weighted by Crippen LogP contribution is 2.59. The summed E-state index contributed by atoms with van der Waals surface area (Å²) in [7, 11) is 0. The van der Waals surface area contributed by atoms with Crippen molar-refractivity contribution in [2.24, 2.45) is 0 Å². The van der Waals surface area contributed by atoms with Crippen LogP contribution in [-0.2, 0) is 5.41 Å². The van der Waals surface area contributed by atoms with E-state index >= 15 is 0 Å². The Morgan fingerprint density at radius 2 is 0.585 bits per heavy atom. The van der Waals surface area contributed by atoms with E-state index in [2.05, 4.69) is 228 Å². The molecule has 2 aliphatic rings. The number of rotatable bonds is 6. The van der Waals surface area contributed by atoms with Crippen LogP contribution >= 0.6 is 0 Å². The molecule has 250 valence electrons. The second-order valence-corrected chi connectivity index (χ2v) is 13.7. The first kappa shape index (κ1) is 30.9. The summed E-state index contributed by atoms with van der Waals surface area (Å²) in [6.07, 6.45) is 4.63. The van der Waals surface area contributed by atoms with Crippen LogP contribution in [0.4, 0.5) is 34.1 Å². The van der Waals surface area contributed by atoms with Gasteiger partial charge in [-0.2, -0.15) is 0 Å². The molecule has 0 saturated heterocycles. The second-order valence-electron chi connectivity index (χ2n) is 13.7. The van der Waals surface area contributed by atoms with Crippen molar-refractivity contribution >= 4 is 46.3 Å². The second kappa shape index (κ2) is 12.7. The summed E-state index contributed by atoms with van der Waals surface area (Å²) in [5.41, 5.74) is 16.2. The van der Waals surface area contributed by atoms with Crippen LogP contribution in [-0.4, -0.2) is 0 Å².